The van der Waals surface area contributed by atoms with Crippen molar-refractivity contribution in [2.45, 2.75) is 19.5 Å². The standard InChI is InChI=1S/C8H5ClF5N/c1-3-2-15-6(8(12,13)14)4(5(3)9)7(10)11/h2,7H,1H3. The van der Waals surface area contributed by atoms with Crippen LogP contribution in [0, 0.1) is 6.92 Å². The first-order chi connectivity index (χ1) is 6.75. The number of pyridine rings is 1. The van der Waals surface area contributed by atoms with Crippen molar-refractivity contribution in [2.75, 3.05) is 0 Å². The first-order valence-electron chi connectivity index (χ1n) is 3.75. The summed E-state index contributed by atoms with van der Waals surface area (Å²) in [6.07, 6.45) is -7.42. The molecule has 1 aromatic heterocycles. The summed E-state index contributed by atoms with van der Waals surface area (Å²) in [5.74, 6) is 0. The Labute approximate surface area is 86.9 Å². The molecule has 1 rings (SSSR count). The quantitative estimate of drug-likeness (QED) is 0.682. The Kier molecular flexibility index (Phi) is 3.18. The molecule has 0 radical (unpaired) electrons. The fraction of sp³-hybridized carbons (Fsp3) is 0.375. The van der Waals surface area contributed by atoms with Gasteiger partial charge in [0.2, 0.25) is 0 Å². The molecule has 0 aliphatic heterocycles. The van der Waals surface area contributed by atoms with Crippen LogP contribution in [0.2, 0.25) is 5.02 Å². The molecule has 0 atom stereocenters. The van der Waals surface area contributed by atoms with Crippen molar-refractivity contribution in [1.82, 2.24) is 4.98 Å². The molecule has 7 heteroatoms. The Morgan fingerprint density at radius 3 is 2.27 bits per heavy atom. The Balaban J connectivity index is 3.47. The molecule has 0 fully saturated rings. The van der Waals surface area contributed by atoms with Crippen molar-refractivity contribution in [3.63, 3.8) is 0 Å². The van der Waals surface area contributed by atoms with Crippen LogP contribution in [0.1, 0.15) is 23.2 Å². The molecule has 0 aliphatic rings. The molecule has 0 saturated heterocycles. The second kappa shape index (κ2) is 3.92. The number of nitrogens with zero attached hydrogens (tertiary/aromatic N) is 1. The maximum atomic E-state index is 12.4. The number of hydrogen-bond donors (Lipinski definition) is 0. The average Bonchev–Trinajstić information content (AvgIpc) is 2.06. The molecule has 0 unspecified atom stereocenters. The lowest BCUT2D eigenvalue weighted by Gasteiger charge is -2.13. The third-order valence-electron chi connectivity index (χ3n) is 1.71. The van der Waals surface area contributed by atoms with Crippen molar-refractivity contribution in [2.24, 2.45) is 0 Å². The van der Waals surface area contributed by atoms with E-state index in [0.29, 0.717) is 0 Å². The van der Waals surface area contributed by atoms with Crippen LogP contribution in [-0.4, -0.2) is 4.98 Å². The van der Waals surface area contributed by atoms with Crippen molar-refractivity contribution in [3.8, 4) is 0 Å². The summed E-state index contributed by atoms with van der Waals surface area (Å²) in [6.45, 7) is 1.31. The number of alkyl halides is 5. The lowest BCUT2D eigenvalue weighted by molar-refractivity contribution is -0.143. The Hall–Kier alpha value is -0.910. The molecule has 0 aliphatic carbocycles. The van der Waals surface area contributed by atoms with Gasteiger partial charge in [-0.1, -0.05) is 11.6 Å². The van der Waals surface area contributed by atoms with Crippen LogP contribution in [0.5, 0.6) is 0 Å². The predicted molar refractivity (Wildman–Crippen MR) is 43.9 cm³/mol. The highest BCUT2D eigenvalue weighted by molar-refractivity contribution is 6.32. The minimum Gasteiger partial charge on any atom is -0.251 e. The number of aromatic nitrogens is 1. The van der Waals surface area contributed by atoms with Crippen LogP contribution in [-0.2, 0) is 6.18 Å². The molecular formula is C8H5ClF5N. The van der Waals surface area contributed by atoms with Gasteiger partial charge in [-0.3, -0.25) is 4.98 Å². The second-order valence-electron chi connectivity index (χ2n) is 2.82. The molecule has 0 saturated carbocycles. The normalized spacial score (nSPS) is 12.3. The maximum Gasteiger partial charge on any atom is 0.433 e. The molecule has 1 nitrogen and oxygen atoms in total. The van der Waals surface area contributed by atoms with Crippen molar-refractivity contribution in [1.29, 1.82) is 0 Å². The first-order valence-corrected chi connectivity index (χ1v) is 4.13. The molecule has 0 bridgehead atoms. The zero-order valence-corrected chi connectivity index (χ0v) is 8.13. The van der Waals surface area contributed by atoms with Gasteiger partial charge in [0.1, 0.15) is 0 Å². The summed E-state index contributed by atoms with van der Waals surface area (Å²) in [6, 6.07) is 0. The molecule has 0 spiro atoms. The lowest BCUT2D eigenvalue weighted by Crippen LogP contribution is -2.13. The zero-order valence-electron chi connectivity index (χ0n) is 7.37. The van der Waals surface area contributed by atoms with E-state index in [2.05, 4.69) is 4.98 Å². The maximum absolute atomic E-state index is 12.4. The van der Waals surface area contributed by atoms with Crippen molar-refractivity contribution < 1.29 is 22.0 Å². The summed E-state index contributed by atoms with van der Waals surface area (Å²) >= 11 is 5.38. The Bertz CT molecular complexity index is 374. The highest BCUT2D eigenvalue weighted by Gasteiger charge is 2.39. The summed E-state index contributed by atoms with van der Waals surface area (Å²) in [5.41, 5.74) is -2.81. The third kappa shape index (κ3) is 2.37. The molecule has 0 amide bonds. The summed E-state index contributed by atoms with van der Waals surface area (Å²) < 4.78 is 61.5. The number of aryl methyl sites for hydroxylation is 1. The fourth-order valence-corrected chi connectivity index (χ4v) is 1.25. The van der Waals surface area contributed by atoms with Crippen molar-refractivity contribution in [3.05, 3.63) is 28.0 Å². The van der Waals surface area contributed by atoms with E-state index in [9.17, 15) is 22.0 Å². The fourth-order valence-electron chi connectivity index (χ4n) is 1.03. The van der Waals surface area contributed by atoms with E-state index in [1.807, 2.05) is 0 Å². The van der Waals surface area contributed by atoms with E-state index in [1.54, 1.807) is 0 Å². The number of rotatable bonds is 1. The van der Waals surface area contributed by atoms with Gasteiger partial charge >= 0.3 is 6.18 Å². The molecule has 1 aromatic rings. The SMILES string of the molecule is Cc1cnc(C(F)(F)F)c(C(F)F)c1Cl. The summed E-state index contributed by atoms with van der Waals surface area (Å²) in [7, 11) is 0. The molecular weight excluding hydrogens is 241 g/mol. The molecule has 1 heterocycles. The van der Waals surface area contributed by atoms with Gasteiger partial charge in [-0.2, -0.15) is 13.2 Å². The smallest absolute Gasteiger partial charge is 0.251 e. The van der Waals surface area contributed by atoms with Crippen LogP contribution in [0.15, 0.2) is 6.20 Å². The van der Waals surface area contributed by atoms with Crippen LogP contribution in [0.4, 0.5) is 22.0 Å². The van der Waals surface area contributed by atoms with Gasteiger partial charge in [0, 0.05) is 6.20 Å². The van der Waals surface area contributed by atoms with E-state index in [4.69, 9.17) is 11.6 Å². The van der Waals surface area contributed by atoms with E-state index >= 15 is 0 Å². The van der Waals surface area contributed by atoms with Gasteiger partial charge in [-0.25, -0.2) is 8.78 Å². The lowest BCUT2D eigenvalue weighted by atomic mass is 10.1. The second-order valence-corrected chi connectivity index (χ2v) is 3.19. The van der Waals surface area contributed by atoms with E-state index in [1.165, 1.54) is 6.92 Å². The highest BCUT2D eigenvalue weighted by atomic mass is 35.5. The minimum atomic E-state index is -4.93. The predicted octanol–water partition coefficient (Wildman–Crippen LogP) is 4.00. The van der Waals surface area contributed by atoms with Crippen molar-refractivity contribution >= 4 is 11.6 Å². The van der Waals surface area contributed by atoms with Gasteiger partial charge < -0.3 is 0 Å². The topological polar surface area (TPSA) is 12.9 Å². The van der Waals surface area contributed by atoms with E-state index in [0.717, 1.165) is 6.20 Å². The molecule has 15 heavy (non-hydrogen) atoms. The van der Waals surface area contributed by atoms with Crippen LogP contribution >= 0.6 is 11.6 Å². The zero-order chi connectivity index (χ0) is 11.8. The van der Waals surface area contributed by atoms with Crippen LogP contribution in [0.3, 0.4) is 0 Å². The first kappa shape index (κ1) is 12.2. The van der Waals surface area contributed by atoms with Gasteiger partial charge in [0.05, 0.1) is 10.6 Å². The van der Waals surface area contributed by atoms with Crippen LogP contribution < -0.4 is 0 Å². The number of hydrogen-bond acceptors (Lipinski definition) is 1. The largest absolute Gasteiger partial charge is 0.433 e. The molecule has 84 valence electrons. The van der Waals surface area contributed by atoms with Gasteiger partial charge in [0.15, 0.2) is 5.69 Å². The average molecular weight is 246 g/mol. The van der Waals surface area contributed by atoms with Gasteiger partial charge in [0.25, 0.3) is 6.43 Å². The number of halogens is 6. The Morgan fingerprint density at radius 1 is 1.33 bits per heavy atom. The monoisotopic (exact) mass is 245 g/mol. The van der Waals surface area contributed by atoms with Crippen LogP contribution in [0.25, 0.3) is 0 Å². The molecule has 0 aromatic carbocycles. The highest BCUT2D eigenvalue weighted by Crippen LogP contribution is 2.39. The van der Waals surface area contributed by atoms with E-state index in [-0.39, 0.29) is 5.56 Å². The Morgan fingerprint density at radius 2 is 1.87 bits per heavy atom. The van der Waals surface area contributed by atoms with Gasteiger partial charge in [-0.05, 0) is 12.5 Å². The summed E-state index contributed by atoms with van der Waals surface area (Å²) in [5, 5.41) is -0.590. The minimum absolute atomic E-state index is 0.0833. The molecule has 0 N–H and O–H groups in total. The third-order valence-corrected chi connectivity index (χ3v) is 2.21. The van der Waals surface area contributed by atoms with E-state index < -0.39 is 28.9 Å². The summed E-state index contributed by atoms with van der Waals surface area (Å²) in [4.78, 5) is 2.94. The van der Waals surface area contributed by atoms with Gasteiger partial charge in [-0.15, -0.1) is 0 Å².